The van der Waals surface area contributed by atoms with E-state index >= 15 is 0 Å². The lowest BCUT2D eigenvalue weighted by atomic mass is 10.2. The van der Waals surface area contributed by atoms with Gasteiger partial charge in [0.1, 0.15) is 5.60 Å². The molecule has 2 N–H and O–H groups in total. The molecular formula is C25H34N4O3. The van der Waals surface area contributed by atoms with Crippen LogP contribution in [0, 0.1) is 0 Å². The van der Waals surface area contributed by atoms with Crippen LogP contribution in [0.2, 0.25) is 0 Å². The van der Waals surface area contributed by atoms with Gasteiger partial charge in [0, 0.05) is 57.1 Å². The Balaban J connectivity index is 1.38. The molecule has 0 radical (unpaired) electrons. The van der Waals surface area contributed by atoms with Gasteiger partial charge in [0.2, 0.25) is 5.91 Å². The summed E-state index contributed by atoms with van der Waals surface area (Å²) in [7, 11) is 0. The largest absolute Gasteiger partial charge is 0.444 e. The smallest absolute Gasteiger partial charge is 0.407 e. The highest BCUT2D eigenvalue weighted by molar-refractivity contribution is 5.91. The molecule has 0 aromatic heterocycles. The van der Waals surface area contributed by atoms with Gasteiger partial charge in [0.25, 0.3) is 0 Å². The van der Waals surface area contributed by atoms with Gasteiger partial charge in [-0.05, 0) is 50.6 Å². The zero-order valence-corrected chi connectivity index (χ0v) is 19.3. The minimum atomic E-state index is -0.553. The van der Waals surface area contributed by atoms with Crippen LogP contribution in [0.25, 0.3) is 0 Å². The van der Waals surface area contributed by atoms with Crippen molar-refractivity contribution in [1.82, 2.24) is 10.2 Å². The second-order valence-corrected chi connectivity index (χ2v) is 9.02. The molecule has 1 saturated heterocycles. The Morgan fingerprint density at radius 3 is 2.22 bits per heavy atom. The molecule has 2 aromatic rings. The van der Waals surface area contributed by atoms with Crippen LogP contribution in [-0.4, -0.2) is 55.2 Å². The Bertz CT molecular complexity index is 870. The van der Waals surface area contributed by atoms with Crippen LogP contribution in [0.15, 0.2) is 54.6 Å². The fraction of sp³-hybridized carbons (Fsp3) is 0.440. The van der Waals surface area contributed by atoms with Gasteiger partial charge in [-0.3, -0.25) is 9.69 Å². The summed E-state index contributed by atoms with van der Waals surface area (Å²) in [4.78, 5) is 28.6. The number of nitrogens with zero attached hydrogens (tertiary/aromatic N) is 2. The van der Waals surface area contributed by atoms with E-state index in [2.05, 4.69) is 50.8 Å². The van der Waals surface area contributed by atoms with Crippen molar-refractivity contribution in [1.29, 1.82) is 0 Å². The number of nitrogens with one attached hydrogen (secondary N) is 2. The molecule has 1 fully saturated rings. The molecular weight excluding hydrogens is 404 g/mol. The number of hydrogen-bond acceptors (Lipinski definition) is 5. The van der Waals surface area contributed by atoms with E-state index in [0.717, 1.165) is 44.1 Å². The molecule has 32 heavy (non-hydrogen) atoms. The molecule has 7 nitrogen and oxygen atoms in total. The lowest BCUT2D eigenvalue weighted by Crippen LogP contribution is -2.45. The Labute approximate surface area is 190 Å². The first-order valence-corrected chi connectivity index (χ1v) is 11.2. The highest BCUT2D eigenvalue weighted by Gasteiger charge is 2.18. The number of amides is 2. The van der Waals surface area contributed by atoms with E-state index in [1.54, 1.807) is 20.8 Å². The fourth-order valence-electron chi connectivity index (χ4n) is 3.58. The highest BCUT2D eigenvalue weighted by Crippen LogP contribution is 2.20. The maximum Gasteiger partial charge on any atom is 0.407 e. The van der Waals surface area contributed by atoms with Gasteiger partial charge in [-0.15, -0.1) is 0 Å². The molecule has 2 aromatic carbocycles. The summed E-state index contributed by atoms with van der Waals surface area (Å²) in [6.07, 6.45) is -0.330. The molecule has 0 spiro atoms. The molecule has 0 saturated carbocycles. The number of piperazine rings is 1. The summed E-state index contributed by atoms with van der Waals surface area (Å²) in [5.41, 5.74) is 2.71. The first-order valence-electron chi connectivity index (χ1n) is 11.2. The third-order valence-corrected chi connectivity index (χ3v) is 5.16. The van der Waals surface area contributed by atoms with Crippen LogP contribution < -0.4 is 15.5 Å². The maximum absolute atomic E-state index is 12.1. The lowest BCUT2D eigenvalue weighted by molar-refractivity contribution is -0.116. The van der Waals surface area contributed by atoms with Crippen molar-refractivity contribution in [2.75, 3.05) is 42.9 Å². The summed E-state index contributed by atoms with van der Waals surface area (Å²) >= 11 is 0. The highest BCUT2D eigenvalue weighted by atomic mass is 16.6. The Hall–Kier alpha value is -3.06. The molecule has 0 atom stereocenters. The van der Waals surface area contributed by atoms with Crippen LogP contribution in [0.3, 0.4) is 0 Å². The van der Waals surface area contributed by atoms with Gasteiger partial charge < -0.3 is 20.3 Å². The second-order valence-electron chi connectivity index (χ2n) is 9.02. The lowest BCUT2D eigenvalue weighted by Gasteiger charge is -2.36. The van der Waals surface area contributed by atoms with Crippen molar-refractivity contribution >= 4 is 23.4 Å². The van der Waals surface area contributed by atoms with Crippen molar-refractivity contribution in [2.45, 2.75) is 39.3 Å². The van der Waals surface area contributed by atoms with Crippen LogP contribution in [0.4, 0.5) is 16.2 Å². The van der Waals surface area contributed by atoms with Crippen LogP contribution in [-0.2, 0) is 16.1 Å². The first-order chi connectivity index (χ1) is 15.3. The summed E-state index contributed by atoms with van der Waals surface area (Å²) in [6.45, 7) is 10.6. The van der Waals surface area contributed by atoms with Crippen molar-refractivity contribution in [3.8, 4) is 0 Å². The minimum Gasteiger partial charge on any atom is -0.444 e. The van der Waals surface area contributed by atoms with Gasteiger partial charge in [0.15, 0.2) is 0 Å². The van der Waals surface area contributed by atoms with E-state index in [4.69, 9.17) is 4.74 Å². The molecule has 7 heteroatoms. The molecule has 3 rings (SSSR count). The number of ether oxygens (including phenoxy) is 1. The number of carbonyl (C=O) groups is 2. The third kappa shape index (κ3) is 7.89. The summed E-state index contributed by atoms with van der Waals surface area (Å²) in [6, 6.07) is 18.5. The minimum absolute atomic E-state index is 0.150. The van der Waals surface area contributed by atoms with Crippen LogP contribution in [0.5, 0.6) is 0 Å². The average Bonchev–Trinajstić information content (AvgIpc) is 2.74. The number of alkyl carbamates (subject to hydrolysis) is 1. The van der Waals surface area contributed by atoms with Crippen molar-refractivity contribution in [3.63, 3.8) is 0 Å². The summed E-state index contributed by atoms with van der Waals surface area (Å²) < 4.78 is 5.16. The summed E-state index contributed by atoms with van der Waals surface area (Å²) in [5.74, 6) is -0.150. The molecule has 1 aliphatic rings. The fourth-order valence-corrected chi connectivity index (χ4v) is 3.58. The van der Waals surface area contributed by atoms with Gasteiger partial charge in [0.05, 0.1) is 0 Å². The van der Waals surface area contributed by atoms with Gasteiger partial charge in [-0.2, -0.15) is 0 Å². The monoisotopic (exact) mass is 438 g/mol. The second kappa shape index (κ2) is 11.0. The van der Waals surface area contributed by atoms with Gasteiger partial charge in [-0.25, -0.2) is 4.79 Å². The average molecular weight is 439 g/mol. The number of hydrogen-bond donors (Lipinski definition) is 2. The maximum atomic E-state index is 12.1. The zero-order valence-electron chi connectivity index (χ0n) is 19.3. The third-order valence-electron chi connectivity index (χ3n) is 5.16. The Morgan fingerprint density at radius 2 is 1.59 bits per heavy atom. The number of benzene rings is 2. The Kier molecular flexibility index (Phi) is 8.11. The van der Waals surface area contributed by atoms with E-state index in [-0.39, 0.29) is 18.9 Å². The van der Waals surface area contributed by atoms with Gasteiger partial charge in [-0.1, -0.05) is 30.3 Å². The number of anilines is 2. The SMILES string of the molecule is CC(C)(C)OC(=O)NCCC(=O)Nc1ccc(N2CCN(Cc3ccccc3)CC2)cc1. The Morgan fingerprint density at radius 1 is 0.938 bits per heavy atom. The number of rotatable bonds is 7. The van der Waals surface area contributed by atoms with Crippen molar-refractivity contribution in [3.05, 3.63) is 60.2 Å². The van der Waals surface area contributed by atoms with E-state index in [1.807, 2.05) is 24.3 Å². The molecule has 1 heterocycles. The predicted molar refractivity (Wildman–Crippen MR) is 128 cm³/mol. The standard InChI is InChI=1S/C25H34N4O3/c1-25(2,3)32-24(31)26-14-13-23(30)27-21-9-11-22(12-10-21)29-17-15-28(16-18-29)19-20-7-5-4-6-8-20/h4-12H,13-19H2,1-3H3,(H,26,31)(H,27,30). The molecule has 0 aliphatic carbocycles. The predicted octanol–water partition coefficient (Wildman–Crippen LogP) is 3.86. The van der Waals surface area contributed by atoms with E-state index in [0.29, 0.717) is 0 Å². The normalized spacial score (nSPS) is 14.7. The molecule has 0 bridgehead atoms. The number of carbonyl (C=O) groups excluding carboxylic acids is 2. The topological polar surface area (TPSA) is 73.9 Å². The molecule has 1 aliphatic heterocycles. The van der Waals surface area contributed by atoms with E-state index in [9.17, 15) is 9.59 Å². The molecule has 2 amide bonds. The van der Waals surface area contributed by atoms with Crippen molar-refractivity contribution < 1.29 is 14.3 Å². The summed E-state index contributed by atoms with van der Waals surface area (Å²) in [5, 5.41) is 5.46. The van der Waals surface area contributed by atoms with E-state index in [1.165, 1.54) is 5.56 Å². The zero-order chi connectivity index (χ0) is 23.0. The molecule has 0 unspecified atom stereocenters. The first kappa shape index (κ1) is 23.6. The van der Waals surface area contributed by atoms with E-state index < -0.39 is 11.7 Å². The van der Waals surface area contributed by atoms with Crippen molar-refractivity contribution in [2.24, 2.45) is 0 Å². The van der Waals surface area contributed by atoms with Crippen LogP contribution in [0.1, 0.15) is 32.8 Å². The molecule has 172 valence electrons. The van der Waals surface area contributed by atoms with Crippen LogP contribution >= 0.6 is 0 Å². The quantitative estimate of drug-likeness (QED) is 0.687. The van der Waals surface area contributed by atoms with Gasteiger partial charge >= 0.3 is 6.09 Å².